The second-order valence-corrected chi connectivity index (χ2v) is 8.27. The monoisotopic (exact) mass is 446 g/mol. The highest BCUT2D eigenvalue weighted by Gasteiger charge is 2.55. The van der Waals surface area contributed by atoms with Crippen LogP contribution < -0.4 is 20.3 Å². The number of carbonyl (C=O) groups excluding carboxylic acids is 1. The van der Waals surface area contributed by atoms with Crippen molar-refractivity contribution in [2.45, 2.75) is 24.7 Å². The summed E-state index contributed by atoms with van der Waals surface area (Å²) >= 11 is 0. The quantitative estimate of drug-likeness (QED) is 0.536. The average Bonchev–Trinajstić information content (AvgIpc) is 3.39. The molecule has 0 spiro atoms. The minimum atomic E-state index is -0.440. The summed E-state index contributed by atoms with van der Waals surface area (Å²) in [7, 11) is 3.20. The number of fused-ring (bicyclic) bond motifs is 1. The lowest BCUT2D eigenvalue weighted by atomic mass is 9.83. The number of amides is 1. The predicted molar refractivity (Wildman–Crippen MR) is 121 cm³/mol. The Bertz CT molecular complexity index is 1160. The fourth-order valence-electron chi connectivity index (χ4n) is 5.02. The van der Waals surface area contributed by atoms with E-state index < -0.39 is 6.04 Å². The van der Waals surface area contributed by atoms with Crippen molar-refractivity contribution in [1.29, 1.82) is 0 Å². The van der Waals surface area contributed by atoms with Gasteiger partial charge < -0.3 is 19.5 Å². The summed E-state index contributed by atoms with van der Waals surface area (Å²) in [5.41, 5.74) is 9.07. The molecule has 0 radical (unpaired) electrons. The van der Waals surface area contributed by atoms with Gasteiger partial charge in [0.15, 0.2) is 11.5 Å². The fourth-order valence-corrected chi connectivity index (χ4v) is 5.02. The number of hydrogen-bond acceptors (Lipinski definition) is 7. The number of phenolic OH excluding ortho intramolecular Hbond substituents is 1. The first-order valence-electron chi connectivity index (χ1n) is 10.8. The third-order valence-corrected chi connectivity index (χ3v) is 6.51. The third kappa shape index (κ3) is 3.67. The van der Waals surface area contributed by atoms with E-state index in [9.17, 15) is 9.90 Å². The maximum absolute atomic E-state index is 13.6. The molecule has 2 aliphatic heterocycles. The van der Waals surface area contributed by atoms with Crippen LogP contribution >= 0.6 is 0 Å². The molecule has 5 rings (SSSR count). The van der Waals surface area contributed by atoms with Crippen LogP contribution in [0.1, 0.15) is 28.8 Å². The Balaban J connectivity index is 1.60. The molecule has 4 unspecified atom stereocenters. The second kappa shape index (κ2) is 8.73. The number of aromatic hydroxyl groups is 1. The van der Waals surface area contributed by atoms with Crippen LogP contribution in [-0.2, 0) is 11.3 Å². The van der Waals surface area contributed by atoms with E-state index in [-0.39, 0.29) is 29.7 Å². The third-order valence-electron chi connectivity index (χ3n) is 6.51. The molecule has 8 nitrogen and oxygen atoms in total. The second-order valence-electron chi connectivity index (χ2n) is 8.27. The number of hydrazine groups is 1. The molecular weight excluding hydrogens is 420 g/mol. The number of methoxy groups -OCH3 is 2. The van der Waals surface area contributed by atoms with Crippen molar-refractivity contribution in [3.8, 4) is 17.2 Å². The standard InChI is InChI=1S/C25H26N4O4/c1-32-19-10-9-16(12-20(19)33-2)24-21-22(17-7-3-4-8-18(17)30)27-28-23(21)25(31)29(24)14-15-6-5-11-26-13-15/h3-13,21-24,27-28,30H,14H2,1-2H3. The molecule has 0 aliphatic carbocycles. The summed E-state index contributed by atoms with van der Waals surface area (Å²) in [5, 5.41) is 10.6. The lowest BCUT2D eigenvalue weighted by molar-refractivity contribution is -0.131. The Morgan fingerprint density at radius 2 is 1.79 bits per heavy atom. The zero-order valence-electron chi connectivity index (χ0n) is 18.4. The van der Waals surface area contributed by atoms with Gasteiger partial charge in [-0.1, -0.05) is 30.3 Å². The van der Waals surface area contributed by atoms with E-state index in [1.165, 1.54) is 0 Å². The first-order valence-corrected chi connectivity index (χ1v) is 10.8. The normalized spacial score (nSPS) is 24.1. The Kier molecular flexibility index (Phi) is 5.62. The van der Waals surface area contributed by atoms with Gasteiger partial charge in [-0.15, -0.1) is 0 Å². The van der Waals surface area contributed by atoms with Crippen molar-refractivity contribution in [2.75, 3.05) is 14.2 Å². The van der Waals surface area contributed by atoms with E-state index in [0.717, 1.165) is 16.7 Å². The summed E-state index contributed by atoms with van der Waals surface area (Å²) in [6.45, 7) is 0.424. The van der Waals surface area contributed by atoms with E-state index in [1.54, 1.807) is 38.7 Å². The van der Waals surface area contributed by atoms with Gasteiger partial charge >= 0.3 is 0 Å². The summed E-state index contributed by atoms with van der Waals surface area (Å²) < 4.78 is 11.0. The SMILES string of the molecule is COc1ccc(C2C3C(NNC3c3ccccc3O)C(=O)N2Cc2cccnc2)cc1OC. The van der Waals surface area contributed by atoms with Crippen LogP contribution in [0.15, 0.2) is 67.0 Å². The average molecular weight is 447 g/mol. The van der Waals surface area contributed by atoms with Gasteiger partial charge in [-0.3, -0.25) is 9.78 Å². The molecule has 170 valence electrons. The van der Waals surface area contributed by atoms with Crippen molar-refractivity contribution in [1.82, 2.24) is 20.7 Å². The van der Waals surface area contributed by atoms with E-state index in [1.807, 2.05) is 47.4 Å². The van der Waals surface area contributed by atoms with Crippen molar-refractivity contribution in [2.24, 2.45) is 5.92 Å². The number of aromatic nitrogens is 1. The topological polar surface area (TPSA) is 96.0 Å². The number of nitrogens with one attached hydrogen (secondary N) is 2. The molecule has 2 aliphatic rings. The lowest BCUT2D eigenvalue weighted by Crippen LogP contribution is -2.41. The molecule has 2 aromatic carbocycles. The Morgan fingerprint density at radius 3 is 2.52 bits per heavy atom. The molecule has 2 fully saturated rings. The Hall–Kier alpha value is -3.62. The number of pyridine rings is 1. The van der Waals surface area contributed by atoms with Crippen molar-refractivity contribution >= 4 is 5.91 Å². The van der Waals surface area contributed by atoms with E-state index in [0.29, 0.717) is 18.0 Å². The minimum absolute atomic E-state index is 0.00550. The molecule has 33 heavy (non-hydrogen) atoms. The number of likely N-dealkylation sites (tertiary alicyclic amines) is 1. The van der Waals surface area contributed by atoms with Crippen LogP contribution in [0.25, 0.3) is 0 Å². The maximum Gasteiger partial charge on any atom is 0.242 e. The van der Waals surface area contributed by atoms with Gasteiger partial charge in [0.2, 0.25) is 5.91 Å². The molecule has 0 saturated carbocycles. The number of nitrogens with zero attached hydrogens (tertiary/aromatic N) is 2. The molecule has 3 N–H and O–H groups in total. The molecule has 3 aromatic rings. The van der Waals surface area contributed by atoms with Gasteiger partial charge in [0.1, 0.15) is 11.8 Å². The largest absolute Gasteiger partial charge is 0.508 e. The van der Waals surface area contributed by atoms with Crippen molar-refractivity contribution < 1.29 is 19.4 Å². The zero-order chi connectivity index (χ0) is 22.9. The maximum atomic E-state index is 13.6. The van der Waals surface area contributed by atoms with E-state index in [2.05, 4.69) is 15.8 Å². The molecule has 3 heterocycles. The highest BCUT2D eigenvalue weighted by molar-refractivity contribution is 5.86. The number of para-hydroxylation sites is 1. The fraction of sp³-hybridized carbons (Fsp3) is 0.280. The van der Waals surface area contributed by atoms with Crippen LogP contribution in [0.2, 0.25) is 0 Å². The number of benzene rings is 2. The number of rotatable bonds is 6. The molecule has 4 atom stereocenters. The van der Waals surface area contributed by atoms with Gasteiger partial charge in [-0.05, 0) is 35.4 Å². The number of hydrogen-bond donors (Lipinski definition) is 3. The zero-order valence-corrected chi connectivity index (χ0v) is 18.4. The van der Waals surface area contributed by atoms with E-state index in [4.69, 9.17) is 9.47 Å². The first-order chi connectivity index (χ1) is 16.1. The van der Waals surface area contributed by atoms with Crippen molar-refractivity contribution in [3.05, 3.63) is 83.7 Å². The summed E-state index contributed by atoms with van der Waals surface area (Å²) in [6, 6.07) is 15.8. The highest BCUT2D eigenvalue weighted by Crippen LogP contribution is 2.49. The highest BCUT2D eigenvalue weighted by atomic mass is 16.5. The summed E-state index contributed by atoms with van der Waals surface area (Å²) in [5.74, 6) is 1.25. The number of phenols is 1. The first kappa shape index (κ1) is 21.2. The molecule has 1 amide bonds. The molecule has 2 saturated heterocycles. The number of ether oxygens (including phenoxy) is 2. The van der Waals surface area contributed by atoms with Crippen molar-refractivity contribution in [3.63, 3.8) is 0 Å². The summed E-state index contributed by atoms with van der Waals surface area (Å²) in [4.78, 5) is 19.7. The smallest absolute Gasteiger partial charge is 0.242 e. The predicted octanol–water partition coefficient (Wildman–Crippen LogP) is 2.72. The van der Waals surface area contributed by atoms with Crippen LogP contribution in [0.3, 0.4) is 0 Å². The van der Waals surface area contributed by atoms with Gasteiger partial charge in [0.05, 0.1) is 26.3 Å². The Labute approximate surface area is 192 Å². The lowest BCUT2D eigenvalue weighted by Gasteiger charge is -2.31. The minimum Gasteiger partial charge on any atom is -0.508 e. The molecule has 8 heteroatoms. The van der Waals surface area contributed by atoms with Gasteiger partial charge in [-0.2, -0.15) is 0 Å². The summed E-state index contributed by atoms with van der Waals surface area (Å²) in [6.07, 6.45) is 3.49. The van der Waals surface area contributed by atoms with E-state index >= 15 is 0 Å². The van der Waals surface area contributed by atoms with Crippen LogP contribution in [0.4, 0.5) is 0 Å². The van der Waals surface area contributed by atoms with Gasteiger partial charge in [0, 0.05) is 30.4 Å². The van der Waals surface area contributed by atoms with Gasteiger partial charge in [0.25, 0.3) is 0 Å². The molecule has 0 bridgehead atoms. The molecular formula is C25H26N4O4. The van der Waals surface area contributed by atoms with Crippen LogP contribution in [0.5, 0.6) is 17.2 Å². The number of carbonyl (C=O) groups is 1. The van der Waals surface area contributed by atoms with Crippen LogP contribution in [-0.4, -0.2) is 41.2 Å². The Morgan fingerprint density at radius 1 is 1.00 bits per heavy atom. The van der Waals surface area contributed by atoms with Crippen LogP contribution in [0, 0.1) is 5.92 Å². The van der Waals surface area contributed by atoms with Gasteiger partial charge in [-0.25, -0.2) is 10.9 Å². The molecule has 1 aromatic heterocycles.